The van der Waals surface area contributed by atoms with Crippen LogP contribution in [0, 0.1) is 17.2 Å². The minimum absolute atomic E-state index is 0.216. The summed E-state index contributed by atoms with van der Waals surface area (Å²) < 4.78 is 0. The molecule has 0 heterocycles. The van der Waals surface area contributed by atoms with Crippen LogP contribution in [-0.4, -0.2) is 22.6 Å². The normalized spacial score (nSPS) is 40.6. The van der Waals surface area contributed by atoms with Gasteiger partial charge in [-0.2, -0.15) is 17.0 Å². The second-order valence-electron chi connectivity index (χ2n) is 6.12. The Morgan fingerprint density at radius 2 is 2.17 bits per heavy atom. The van der Waals surface area contributed by atoms with Gasteiger partial charge in [0.15, 0.2) is 0 Å². The van der Waals surface area contributed by atoms with Crippen molar-refractivity contribution in [3.05, 3.63) is 0 Å². The maximum atomic E-state index is 9.39. The molecular weight excluding hydrogens is 240 g/mol. The van der Waals surface area contributed by atoms with Gasteiger partial charge in [0, 0.05) is 10.5 Å². The first-order chi connectivity index (χ1) is 8.67. The van der Waals surface area contributed by atoms with Crippen LogP contribution in [0.5, 0.6) is 0 Å². The topological polar surface area (TPSA) is 35.8 Å². The van der Waals surface area contributed by atoms with Crippen LogP contribution in [-0.2, 0) is 0 Å². The number of hydrogen-bond acceptors (Lipinski definition) is 3. The highest BCUT2D eigenvalue weighted by molar-refractivity contribution is 8.00. The van der Waals surface area contributed by atoms with Gasteiger partial charge in [0.2, 0.25) is 0 Å². The van der Waals surface area contributed by atoms with Crippen LogP contribution in [0.25, 0.3) is 0 Å². The van der Waals surface area contributed by atoms with Gasteiger partial charge < -0.3 is 0 Å². The van der Waals surface area contributed by atoms with Crippen LogP contribution >= 0.6 is 11.8 Å². The quantitative estimate of drug-likeness (QED) is 0.842. The summed E-state index contributed by atoms with van der Waals surface area (Å²) in [7, 11) is 0. The zero-order valence-electron chi connectivity index (χ0n) is 11.7. The number of nitriles is 1. The average molecular weight is 266 g/mol. The van der Waals surface area contributed by atoms with Crippen molar-refractivity contribution >= 4 is 11.8 Å². The first-order valence-electron chi connectivity index (χ1n) is 7.49. The van der Waals surface area contributed by atoms with E-state index in [9.17, 15) is 5.26 Å². The van der Waals surface area contributed by atoms with E-state index in [1.54, 1.807) is 0 Å². The molecule has 2 aliphatic rings. The molecule has 2 aliphatic carbocycles. The largest absolute Gasteiger partial charge is 0.300 e. The van der Waals surface area contributed by atoms with E-state index in [4.69, 9.17) is 0 Å². The highest BCUT2D eigenvalue weighted by atomic mass is 32.2. The Morgan fingerprint density at radius 3 is 2.83 bits per heavy atom. The third-order valence-electron chi connectivity index (χ3n) is 4.47. The molecule has 0 amide bonds. The Labute approximate surface area is 116 Å². The third-order valence-corrected chi connectivity index (χ3v) is 6.07. The third kappa shape index (κ3) is 3.42. The van der Waals surface area contributed by atoms with Crippen molar-refractivity contribution in [1.29, 1.82) is 5.26 Å². The van der Waals surface area contributed by atoms with Crippen LogP contribution in [0.4, 0.5) is 0 Å². The SMILES string of the molecule is CCNC1(C#N)CCC(SC2CCCC(C)C2)C1. The van der Waals surface area contributed by atoms with Crippen molar-refractivity contribution < 1.29 is 0 Å². The molecule has 2 saturated carbocycles. The van der Waals surface area contributed by atoms with Crippen LogP contribution in [0.2, 0.25) is 0 Å². The number of thioether (sulfide) groups is 1. The molecule has 0 aliphatic heterocycles. The summed E-state index contributed by atoms with van der Waals surface area (Å²) in [4.78, 5) is 0. The lowest BCUT2D eigenvalue weighted by molar-refractivity contribution is 0.393. The molecule has 0 saturated heterocycles. The van der Waals surface area contributed by atoms with Gasteiger partial charge in [0.05, 0.1) is 6.07 Å². The van der Waals surface area contributed by atoms with E-state index in [0.29, 0.717) is 5.25 Å². The Bertz CT molecular complexity index is 312. The maximum absolute atomic E-state index is 9.39. The molecule has 2 nitrogen and oxygen atoms in total. The second-order valence-corrected chi connectivity index (χ2v) is 7.72. The molecule has 4 unspecified atom stereocenters. The predicted octanol–water partition coefficient (Wildman–Crippen LogP) is 3.72. The lowest BCUT2D eigenvalue weighted by Crippen LogP contribution is -2.41. The number of nitrogens with one attached hydrogen (secondary N) is 1. The molecule has 1 N–H and O–H groups in total. The summed E-state index contributed by atoms with van der Waals surface area (Å²) in [6.45, 7) is 5.40. The minimum Gasteiger partial charge on any atom is -0.300 e. The molecule has 0 spiro atoms. The fraction of sp³-hybridized carbons (Fsp3) is 0.933. The van der Waals surface area contributed by atoms with Gasteiger partial charge in [-0.1, -0.05) is 26.7 Å². The molecule has 2 fully saturated rings. The standard InChI is InChI=1S/C15H26N2S/c1-3-17-15(11-16)8-7-14(10-15)18-13-6-4-5-12(2)9-13/h12-14,17H,3-10H2,1-2H3. The van der Waals surface area contributed by atoms with Crippen molar-refractivity contribution in [2.45, 2.75) is 74.8 Å². The van der Waals surface area contributed by atoms with Crippen LogP contribution in [0.15, 0.2) is 0 Å². The summed E-state index contributed by atoms with van der Waals surface area (Å²) in [5.74, 6) is 0.909. The van der Waals surface area contributed by atoms with Gasteiger partial charge in [-0.15, -0.1) is 0 Å². The zero-order valence-corrected chi connectivity index (χ0v) is 12.6. The highest BCUT2D eigenvalue weighted by Gasteiger charge is 2.40. The van der Waals surface area contributed by atoms with Crippen molar-refractivity contribution in [2.75, 3.05) is 6.54 Å². The average Bonchev–Trinajstić information content (AvgIpc) is 2.74. The Balaban J connectivity index is 1.83. The van der Waals surface area contributed by atoms with Crippen LogP contribution in [0.1, 0.15) is 58.8 Å². The molecule has 0 radical (unpaired) electrons. The number of hydrogen-bond donors (Lipinski definition) is 1. The second kappa shape index (κ2) is 6.30. The number of rotatable bonds is 4. The van der Waals surface area contributed by atoms with Gasteiger partial charge in [0.25, 0.3) is 0 Å². The van der Waals surface area contributed by atoms with E-state index in [2.05, 4.69) is 37.0 Å². The van der Waals surface area contributed by atoms with Crippen molar-refractivity contribution in [3.63, 3.8) is 0 Å². The van der Waals surface area contributed by atoms with Gasteiger partial charge >= 0.3 is 0 Å². The first kappa shape index (κ1) is 14.2. The smallest absolute Gasteiger partial charge is 0.107 e. The summed E-state index contributed by atoms with van der Waals surface area (Å²) in [6.07, 6.45) is 8.91. The van der Waals surface area contributed by atoms with Gasteiger partial charge in [0.1, 0.15) is 5.54 Å². The summed E-state index contributed by atoms with van der Waals surface area (Å²) in [5, 5.41) is 14.4. The Morgan fingerprint density at radius 1 is 1.33 bits per heavy atom. The lowest BCUT2D eigenvalue weighted by Gasteiger charge is -2.29. The zero-order chi connectivity index (χ0) is 13.0. The summed E-state index contributed by atoms with van der Waals surface area (Å²) in [5.41, 5.74) is -0.216. The van der Waals surface area contributed by atoms with Gasteiger partial charge in [-0.05, 0) is 44.6 Å². The summed E-state index contributed by atoms with van der Waals surface area (Å²) in [6, 6.07) is 2.53. The van der Waals surface area contributed by atoms with E-state index in [0.717, 1.165) is 30.6 Å². The molecule has 102 valence electrons. The molecule has 2 rings (SSSR count). The van der Waals surface area contributed by atoms with Crippen LogP contribution < -0.4 is 5.32 Å². The molecule has 3 heteroatoms. The molecule has 18 heavy (non-hydrogen) atoms. The lowest BCUT2D eigenvalue weighted by atomic mass is 9.91. The first-order valence-corrected chi connectivity index (χ1v) is 8.43. The van der Waals surface area contributed by atoms with E-state index in [1.807, 2.05) is 0 Å². The molecule has 0 aromatic carbocycles. The summed E-state index contributed by atoms with van der Waals surface area (Å²) >= 11 is 2.18. The minimum atomic E-state index is -0.216. The number of nitrogens with zero attached hydrogens (tertiary/aromatic N) is 1. The van der Waals surface area contributed by atoms with Gasteiger partial charge in [-0.25, -0.2) is 0 Å². The van der Waals surface area contributed by atoms with E-state index < -0.39 is 0 Å². The van der Waals surface area contributed by atoms with Gasteiger partial charge in [-0.3, -0.25) is 5.32 Å². The predicted molar refractivity (Wildman–Crippen MR) is 78.7 cm³/mol. The van der Waals surface area contributed by atoms with Crippen molar-refractivity contribution in [1.82, 2.24) is 5.32 Å². The Kier molecular flexibility index (Phi) is 4.98. The van der Waals surface area contributed by atoms with E-state index in [-0.39, 0.29) is 5.54 Å². The fourth-order valence-electron chi connectivity index (χ4n) is 3.53. The fourth-order valence-corrected chi connectivity index (χ4v) is 5.45. The Hall–Kier alpha value is -0.200. The molecule has 0 bridgehead atoms. The monoisotopic (exact) mass is 266 g/mol. The molecule has 0 aromatic heterocycles. The molecular formula is C15H26N2S. The highest BCUT2D eigenvalue weighted by Crippen LogP contribution is 2.42. The van der Waals surface area contributed by atoms with E-state index in [1.165, 1.54) is 32.1 Å². The van der Waals surface area contributed by atoms with E-state index >= 15 is 0 Å². The van der Waals surface area contributed by atoms with Crippen molar-refractivity contribution in [2.24, 2.45) is 5.92 Å². The van der Waals surface area contributed by atoms with Crippen LogP contribution in [0.3, 0.4) is 0 Å². The maximum Gasteiger partial charge on any atom is 0.107 e. The molecule has 0 aromatic rings. The van der Waals surface area contributed by atoms with Crippen molar-refractivity contribution in [3.8, 4) is 6.07 Å². The molecule has 4 atom stereocenters.